The Balaban J connectivity index is 1.89. The van der Waals surface area contributed by atoms with E-state index in [1.165, 1.54) is 36.1 Å². The van der Waals surface area contributed by atoms with Crippen molar-refractivity contribution in [1.82, 2.24) is 0 Å². The molecule has 0 aliphatic heterocycles. The van der Waals surface area contributed by atoms with Gasteiger partial charge >= 0.3 is 0 Å². The van der Waals surface area contributed by atoms with Gasteiger partial charge in [-0.2, -0.15) is 12.6 Å². The fourth-order valence-corrected chi connectivity index (χ4v) is 2.65. The maximum atomic E-state index is 4.26. The molecule has 0 spiro atoms. The minimum absolute atomic E-state index is 0.990. The summed E-state index contributed by atoms with van der Waals surface area (Å²) in [4.78, 5) is 2.32. The second-order valence-electron chi connectivity index (χ2n) is 5.93. The van der Waals surface area contributed by atoms with Gasteiger partial charge in [0.2, 0.25) is 0 Å². The summed E-state index contributed by atoms with van der Waals surface area (Å²) in [5.41, 5.74) is 3.72. The summed E-state index contributed by atoms with van der Waals surface area (Å²) < 4.78 is 2.04. The Labute approximate surface area is 145 Å². The number of rotatable bonds is 8. The molecule has 0 atom stereocenters. The average Bonchev–Trinajstić information content (AvgIpc) is 2.58. The lowest BCUT2D eigenvalue weighted by Gasteiger charge is -2.19. The van der Waals surface area contributed by atoms with Gasteiger partial charge < -0.3 is 4.90 Å². The van der Waals surface area contributed by atoms with Crippen LogP contribution in [0.3, 0.4) is 0 Å². The summed E-state index contributed by atoms with van der Waals surface area (Å²) in [7, 11) is 4.19. The van der Waals surface area contributed by atoms with E-state index in [9.17, 15) is 0 Å². The number of aromatic nitrogens is 1. The third kappa shape index (κ3) is 6.11. The van der Waals surface area contributed by atoms with Gasteiger partial charge in [-0.1, -0.05) is 30.7 Å². The topological polar surface area (TPSA) is 7.12 Å². The Morgan fingerprint density at radius 1 is 0.913 bits per heavy atom. The first kappa shape index (κ1) is 17.6. The first-order valence-electron chi connectivity index (χ1n) is 8.24. The highest BCUT2D eigenvalue weighted by Gasteiger charge is 2.00. The Kier molecular flexibility index (Phi) is 7.21. The Morgan fingerprint density at radius 3 is 2.13 bits per heavy atom. The molecule has 3 heteroatoms. The number of aryl methyl sites for hydroxylation is 1. The summed E-state index contributed by atoms with van der Waals surface area (Å²) in [5, 5.41) is 0. The summed E-state index contributed by atoms with van der Waals surface area (Å²) in [6.07, 6.45) is 12.1. The third-order valence-electron chi connectivity index (χ3n) is 3.96. The standard InChI is InChI=1S/C20H26N2S/c1-21-15-12-19(13-16-21)7-6-18-8-10-20(11-9-18)22(2)14-4-3-5-17-23/h6-13,15-16H,3-5,14,17H2,1-2H3/p+1. The highest BCUT2D eigenvalue weighted by molar-refractivity contribution is 7.80. The van der Waals surface area contributed by atoms with Crippen LogP contribution in [0, 0.1) is 0 Å². The van der Waals surface area contributed by atoms with Crippen LogP contribution in [0.4, 0.5) is 5.69 Å². The van der Waals surface area contributed by atoms with Crippen LogP contribution in [0.2, 0.25) is 0 Å². The monoisotopic (exact) mass is 327 g/mol. The van der Waals surface area contributed by atoms with Gasteiger partial charge in [0.05, 0.1) is 0 Å². The summed E-state index contributed by atoms with van der Waals surface area (Å²) in [6, 6.07) is 13.0. The molecule has 23 heavy (non-hydrogen) atoms. The number of hydrogen-bond acceptors (Lipinski definition) is 2. The van der Waals surface area contributed by atoms with Gasteiger partial charge in [-0.05, 0) is 41.9 Å². The molecule has 2 nitrogen and oxygen atoms in total. The molecule has 1 aromatic carbocycles. The molecule has 1 aromatic heterocycles. The van der Waals surface area contributed by atoms with Crippen molar-refractivity contribution in [1.29, 1.82) is 0 Å². The minimum Gasteiger partial charge on any atom is -0.375 e. The van der Waals surface area contributed by atoms with Crippen LogP contribution in [-0.2, 0) is 7.05 Å². The molecule has 122 valence electrons. The van der Waals surface area contributed by atoms with Crippen LogP contribution >= 0.6 is 12.6 Å². The number of unbranched alkanes of at least 4 members (excludes halogenated alkanes) is 2. The predicted molar refractivity (Wildman–Crippen MR) is 104 cm³/mol. The maximum absolute atomic E-state index is 4.26. The lowest BCUT2D eigenvalue weighted by Crippen LogP contribution is -2.25. The van der Waals surface area contributed by atoms with E-state index in [-0.39, 0.29) is 0 Å². The fraction of sp³-hybridized carbons (Fsp3) is 0.350. The number of pyridine rings is 1. The molecule has 0 fully saturated rings. The molecule has 1 heterocycles. The molecule has 0 bridgehead atoms. The number of hydrogen-bond donors (Lipinski definition) is 1. The van der Waals surface area contributed by atoms with Gasteiger partial charge in [0, 0.05) is 31.4 Å². The van der Waals surface area contributed by atoms with Crippen molar-refractivity contribution in [2.45, 2.75) is 19.3 Å². The van der Waals surface area contributed by atoms with Crippen LogP contribution in [0.5, 0.6) is 0 Å². The van der Waals surface area contributed by atoms with E-state index in [2.05, 4.69) is 85.5 Å². The number of benzene rings is 1. The molecular weight excluding hydrogens is 300 g/mol. The molecule has 0 unspecified atom stereocenters. The predicted octanol–water partition coefficient (Wildman–Crippen LogP) is 4.22. The second kappa shape index (κ2) is 9.41. The zero-order valence-corrected chi connectivity index (χ0v) is 15.0. The molecule has 0 radical (unpaired) electrons. The van der Waals surface area contributed by atoms with Crippen molar-refractivity contribution < 1.29 is 4.57 Å². The molecule has 2 rings (SSSR count). The number of nitrogens with zero attached hydrogens (tertiary/aromatic N) is 2. The van der Waals surface area contributed by atoms with Gasteiger partial charge in [0.1, 0.15) is 7.05 Å². The van der Waals surface area contributed by atoms with Crippen LogP contribution in [0.15, 0.2) is 48.8 Å². The van der Waals surface area contributed by atoms with Gasteiger partial charge in [0.15, 0.2) is 12.4 Å². The molecule has 2 aromatic rings. The molecule has 0 aliphatic carbocycles. The minimum atomic E-state index is 0.990. The smallest absolute Gasteiger partial charge is 0.169 e. The Hall–Kier alpha value is -1.74. The first-order valence-corrected chi connectivity index (χ1v) is 8.88. The van der Waals surface area contributed by atoms with Crippen LogP contribution in [0.1, 0.15) is 30.4 Å². The summed E-state index contributed by atoms with van der Waals surface area (Å²) >= 11 is 4.26. The molecule has 0 amide bonds. The third-order valence-corrected chi connectivity index (χ3v) is 4.27. The van der Waals surface area contributed by atoms with Crippen molar-refractivity contribution in [3.05, 3.63) is 59.9 Å². The van der Waals surface area contributed by atoms with E-state index >= 15 is 0 Å². The van der Waals surface area contributed by atoms with Crippen molar-refractivity contribution in [2.75, 3.05) is 24.2 Å². The molecule has 0 saturated heterocycles. The van der Waals surface area contributed by atoms with Crippen molar-refractivity contribution in [2.24, 2.45) is 7.05 Å². The van der Waals surface area contributed by atoms with Gasteiger partial charge in [-0.25, -0.2) is 4.57 Å². The number of thiol groups is 1. The molecular formula is C20H27N2S+. The van der Waals surface area contributed by atoms with Crippen molar-refractivity contribution in [3.8, 4) is 0 Å². The molecule has 0 N–H and O–H groups in total. The fourth-order valence-electron chi connectivity index (χ4n) is 2.42. The van der Waals surface area contributed by atoms with E-state index < -0.39 is 0 Å². The average molecular weight is 328 g/mol. The quantitative estimate of drug-likeness (QED) is 0.433. The highest BCUT2D eigenvalue weighted by Crippen LogP contribution is 2.16. The van der Waals surface area contributed by atoms with Gasteiger partial charge in [-0.3, -0.25) is 0 Å². The van der Waals surface area contributed by atoms with Crippen LogP contribution in [0.25, 0.3) is 12.2 Å². The zero-order valence-electron chi connectivity index (χ0n) is 14.2. The lowest BCUT2D eigenvalue weighted by atomic mass is 10.1. The lowest BCUT2D eigenvalue weighted by molar-refractivity contribution is -0.671. The molecule has 0 saturated carbocycles. The summed E-state index contributed by atoms with van der Waals surface area (Å²) in [6.45, 7) is 1.10. The van der Waals surface area contributed by atoms with Gasteiger partial charge in [0.25, 0.3) is 0 Å². The van der Waals surface area contributed by atoms with Crippen LogP contribution < -0.4 is 9.47 Å². The van der Waals surface area contributed by atoms with Crippen molar-refractivity contribution >= 4 is 30.5 Å². The summed E-state index contributed by atoms with van der Waals surface area (Å²) in [5.74, 6) is 0.990. The van der Waals surface area contributed by atoms with E-state index in [1.807, 2.05) is 11.6 Å². The van der Waals surface area contributed by atoms with Gasteiger partial charge in [-0.15, -0.1) is 0 Å². The van der Waals surface area contributed by atoms with E-state index in [0.717, 1.165) is 12.3 Å². The number of anilines is 1. The van der Waals surface area contributed by atoms with E-state index in [4.69, 9.17) is 0 Å². The Morgan fingerprint density at radius 2 is 1.52 bits per heavy atom. The van der Waals surface area contributed by atoms with E-state index in [1.54, 1.807) is 0 Å². The van der Waals surface area contributed by atoms with E-state index in [0.29, 0.717) is 0 Å². The highest BCUT2D eigenvalue weighted by atomic mass is 32.1. The SMILES string of the molecule is CN(CCCCCS)c1ccc(/C=C/c2cc[n+](C)cc2)cc1. The second-order valence-corrected chi connectivity index (χ2v) is 6.37. The van der Waals surface area contributed by atoms with Crippen molar-refractivity contribution in [3.63, 3.8) is 0 Å². The zero-order chi connectivity index (χ0) is 16.5. The largest absolute Gasteiger partial charge is 0.375 e. The first-order chi connectivity index (χ1) is 11.2. The van der Waals surface area contributed by atoms with Crippen LogP contribution in [-0.4, -0.2) is 19.3 Å². The maximum Gasteiger partial charge on any atom is 0.169 e. The Bertz CT molecular complexity index is 603. The normalized spacial score (nSPS) is 11.1. The molecule has 0 aliphatic rings.